The molecule has 0 saturated heterocycles. The molecule has 9 heteroatoms. The van der Waals surface area contributed by atoms with Crippen molar-refractivity contribution in [3.8, 4) is 0 Å². The van der Waals surface area contributed by atoms with Crippen molar-refractivity contribution in [1.82, 2.24) is 0 Å². The van der Waals surface area contributed by atoms with Gasteiger partial charge in [-0.05, 0) is 0 Å². The first kappa shape index (κ1) is 29.2. The zero-order valence-corrected chi connectivity index (χ0v) is 26.2. The van der Waals surface area contributed by atoms with Crippen LogP contribution in [0.2, 0.25) is 0 Å². The molecule has 210 valence electrons. The normalized spacial score (nSPS) is 13.2. The van der Waals surface area contributed by atoms with E-state index >= 15 is 0 Å². The van der Waals surface area contributed by atoms with E-state index < -0.39 is 50.0 Å². The van der Waals surface area contributed by atoms with Crippen LogP contribution in [0.5, 0.6) is 0 Å². The first-order chi connectivity index (χ1) is 19.7. The summed E-state index contributed by atoms with van der Waals surface area (Å²) in [6.07, 6.45) is 0. The van der Waals surface area contributed by atoms with Gasteiger partial charge < -0.3 is 0 Å². The van der Waals surface area contributed by atoms with Crippen LogP contribution >= 0.6 is 0 Å². The predicted octanol–water partition coefficient (Wildman–Crippen LogP) is 4.20. The summed E-state index contributed by atoms with van der Waals surface area (Å²) in [6, 6.07) is 43.1. The summed E-state index contributed by atoms with van der Waals surface area (Å²) in [5.41, 5.74) is 1.01. The van der Waals surface area contributed by atoms with E-state index in [2.05, 4.69) is 0 Å². The third-order valence-electron chi connectivity index (χ3n) is 6.56. The third kappa shape index (κ3) is 6.17. The first-order valence-corrected chi connectivity index (χ1v) is 21.9. The standard InChI is InChI=1S/2C7H8O3S.3C6H5.Sb/c2*8-11(9,10)6-7-4-2-1-3-5-7;3*1-2-4-6-5-3-1;/h2*1-5H,6H2,(H,8,9,10);3*1-5H;/q;;;;;+2/p-2. The molecule has 5 aromatic rings. The van der Waals surface area contributed by atoms with Crippen LogP contribution < -0.4 is 10.5 Å². The fourth-order valence-corrected chi connectivity index (χ4v) is 29.7. The first-order valence-electron chi connectivity index (χ1n) is 12.9. The topological polar surface area (TPSA) is 86.7 Å². The van der Waals surface area contributed by atoms with Crippen molar-refractivity contribution in [3.05, 3.63) is 163 Å². The summed E-state index contributed by atoms with van der Waals surface area (Å²) in [7, 11) is -8.88. The van der Waals surface area contributed by atoms with Crippen molar-refractivity contribution in [1.29, 1.82) is 0 Å². The van der Waals surface area contributed by atoms with E-state index in [1.165, 1.54) is 0 Å². The van der Waals surface area contributed by atoms with Crippen LogP contribution in [0.15, 0.2) is 152 Å². The zero-order chi connectivity index (χ0) is 28.8. The molecule has 6 nitrogen and oxygen atoms in total. The Kier molecular flexibility index (Phi) is 8.50. The molecule has 0 saturated carbocycles. The van der Waals surface area contributed by atoms with Gasteiger partial charge in [0.25, 0.3) is 0 Å². The van der Waals surface area contributed by atoms with Gasteiger partial charge in [0.1, 0.15) is 0 Å². The van der Waals surface area contributed by atoms with Gasteiger partial charge in [0.15, 0.2) is 0 Å². The molecule has 0 aliphatic heterocycles. The Morgan fingerprint density at radius 2 is 0.634 bits per heavy atom. The van der Waals surface area contributed by atoms with Gasteiger partial charge in [-0.2, -0.15) is 0 Å². The summed E-state index contributed by atoms with van der Waals surface area (Å²) in [5, 5.41) is 0. The van der Waals surface area contributed by atoms with E-state index in [4.69, 9.17) is 4.92 Å². The van der Waals surface area contributed by atoms with Crippen LogP contribution in [0.25, 0.3) is 0 Å². The molecular formula is C32H29O6S2Sb. The molecule has 0 unspecified atom stereocenters. The van der Waals surface area contributed by atoms with Crippen molar-refractivity contribution in [2.75, 3.05) is 0 Å². The van der Waals surface area contributed by atoms with E-state index in [0.29, 0.717) is 21.7 Å². The summed E-state index contributed by atoms with van der Waals surface area (Å²) in [5.74, 6) is -0.936. The second-order valence-corrected chi connectivity index (χ2v) is 25.0. The maximum absolute atomic E-state index is 14.1. The second kappa shape index (κ2) is 11.9. The van der Waals surface area contributed by atoms with Gasteiger partial charge in [-0.15, -0.1) is 0 Å². The molecule has 41 heavy (non-hydrogen) atoms. The molecule has 0 fully saturated rings. The Balaban J connectivity index is 1.85. The van der Waals surface area contributed by atoms with E-state index in [1.807, 2.05) is 0 Å². The zero-order valence-electron chi connectivity index (χ0n) is 22.1. The van der Waals surface area contributed by atoms with Crippen LogP contribution in [0.1, 0.15) is 11.1 Å². The summed E-state index contributed by atoms with van der Waals surface area (Å²) in [6.45, 7) is 0. The van der Waals surface area contributed by atoms with Gasteiger partial charge in [-0.25, -0.2) is 0 Å². The molecular weight excluding hydrogens is 666 g/mol. The fraction of sp³-hybridized carbons (Fsp3) is 0.0625. The molecule has 5 rings (SSSR count). The minimum absolute atomic E-state index is 0.367. The average Bonchev–Trinajstić information content (AvgIpc) is 2.98. The van der Waals surface area contributed by atoms with Crippen molar-refractivity contribution < 1.29 is 21.8 Å². The Morgan fingerprint density at radius 1 is 0.390 bits per heavy atom. The van der Waals surface area contributed by atoms with Crippen molar-refractivity contribution in [2.45, 2.75) is 11.5 Å². The fourth-order valence-electron chi connectivity index (χ4n) is 4.86. The SMILES string of the molecule is O=S(=O)(Cc1ccccc1)[O][Sb]([O]S(=O)(=O)Cc1ccccc1)([c]1ccccc1)([c]1ccccc1)[c]1ccccc1. The van der Waals surface area contributed by atoms with E-state index in [-0.39, 0.29) is 0 Å². The van der Waals surface area contributed by atoms with Crippen LogP contribution in [-0.4, -0.2) is 35.1 Å². The van der Waals surface area contributed by atoms with E-state index in [1.54, 1.807) is 152 Å². The molecule has 0 aliphatic carbocycles. The molecule has 0 N–H and O–H groups in total. The van der Waals surface area contributed by atoms with Gasteiger partial charge in [0.05, 0.1) is 0 Å². The Hall–Kier alpha value is -3.26. The predicted molar refractivity (Wildman–Crippen MR) is 164 cm³/mol. The van der Waals surface area contributed by atoms with Crippen molar-refractivity contribution in [2.24, 2.45) is 0 Å². The molecule has 0 aromatic heterocycles. The average molecular weight is 695 g/mol. The monoisotopic (exact) mass is 694 g/mol. The van der Waals surface area contributed by atoms with Gasteiger partial charge in [-0.3, -0.25) is 0 Å². The van der Waals surface area contributed by atoms with E-state index in [9.17, 15) is 16.8 Å². The molecule has 0 atom stereocenters. The quantitative estimate of drug-likeness (QED) is 0.193. The van der Waals surface area contributed by atoms with Crippen molar-refractivity contribution in [3.63, 3.8) is 0 Å². The van der Waals surface area contributed by atoms with Crippen LogP contribution in [0.3, 0.4) is 0 Å². The maximum atomic E-state index is 14.1. The van der Waals surface area contributed by atoms with Crippen LogP contribution in [0.4, 0.5) is 0 Å². The minimum atomic E-state index is -6.49. The Labute approximate surface area is 243 Å². The number of hydrogen-bond donors (Lipinski definition) is 0. The summed E-state index contributed by atoms with van der Waals surface area (Å²) in [4.78, 5) is 0. The molecule has 5 aromatic carbocycles. The Bertz CT molecular complexity index is 1620. The second-order valence-electron chi connectivity index (χ2n) is 9.49. The van der Waals surface area contributed by atoms with Crippen LogP contribution in [0, 0.1) is 0 Å². The van der Waals surface area contributed by atoms with Gasteiger partial charge in [0.2, 0.25) is 0 Å². The molecule has 0 bridgehead atoms. The van der Waals surface area contributed by atoms with Gasteiger partial charge in [0, 0.05) is 0 Å². The van der Waals surface area contributed by atoms with Gasteiger partial charge in [-0.1, -0.05) is 0 Å². The molecule has 0 radical (unpaired) electrons. The molecule has 0 aliphatic rings. The van der Waals surface area contributed by atoms with E-state index in [0.717, 1.165) is 0 Å². The number of benzene rings is 5. The third-order valence-corrected chi connectivity index (χ3v) is 28.3. The van der Waals surface area contributed by atoms with Crippen LogP contribution in [-0.2, 0) is 36.7 Å². The molecule has 0 heterocycles. The number of hydrogen-bond acceptors (Lipinski definition) is 6. The summed E-state index contributed by atoms with van der Waals surface area (Å²) >= 11 is -6.49. The Morgan fingerprint density at radius 3 is 0.902 bits per heavy atom. The summed E-state index contributed by atoms with van der Waals surface area (Å²) < 4.78 is 70.7. The van der Waals surface area contributed by atoms with Crippen molar-refractivity contribution >= 4 is 49.0 Å². The van der Waals surface area contributed by atoms with Gasteiger partial charge >= 0.3 is 245 Å². The molecule has 0 spiro atoms. The molecule has 0 amide bonds. The number of rotatable bonds is 11.